The largest absolute Gasteiger partial charge is 0.508 e. The smallest absolute Gasteiger partial charge is 0.316 e. The topological polar surface area (TPSA) is 87.1 Å². The molecule has 0 radical (unpaired) electrons. The number of hydrogen-bond acceptors (Lipinski definition) is 5. The lowest BCUT2D eigenvalue weighted by Gasteiger charge is -2.42. The number of amides is 2. The van der Waals surface area contributed by atoms with E-state index < -0.39 is 17.8 Å². The summed E-state index contributed by atoms with van der Waals surface area (Å²) >= 11 is 0. The lowest BCUT2D eigenvalue weighted by molar-refractivity contribution is -0.880. The highest BCUT2D eigenvalue weighted by atomic mass is 16.5. The maximum atomic E-state index is 14.0. The second kappa shape index (κ2) is 12.3. The van der Waals surface area contributed by atoms with Crippen LogP contribution in [0.2, 0.25) is 0 Å². The van der Waals surface area contributed by atoms with Crippen LogP contribution in [0, 0.1) is 11.8 Å². The van der Waals surface area contributed by atoms with Crippen LogP contribution in [0.15, 0.2) is 55.1 Å². The summed E-state index contributed by atoms with van der Waals surface area (Å²) in [4.78, 5) is 30.0. The number of phenols is 1. The van der Waals surface area contributed by atoms with Crippen molar-refractivity contribution >= 4 is 11.8 Å². The Morgan fingerprint density at radius 2 is 1.93 bits per heavy atom. The first-order valence-corrected chi connectivity index (χ1v) is 16.4. The number of ether oxygens (including phenoxy) is 1. The second-order valence-electron chi connectivity index (χ2n) is 14.3. The number of hydrogen-bond donors (Lipinski definition) is 2. The van der Waals surface area contributed by atoms with E-state index in [1.807, 2.05) is 24.0 Å². The zero-order valence-electron chi connectivity index (χ0n) is 27.2. The standard InChI is InChI=1S/C37H50N2O5/c1-7-11-34(43)39(20-8-2)24-33(42)38-31(21-25-16-18-28(40)19-17-25)32(41)22-27(30-23-37(30,38)39)14-9-12-26-13-10-15-29(35(26)44-6)36(3,4)5/h8,10,13,15-19,27,30-32,41H,2,7,9,11-12,14,20-24H2,1,3-6H3/p+1/t27?,30-,31-,32?,37+,39?/m0/s1. The number of carbonyl (C=O) groups is 2. The molecule has 44 heavy (non-hydrogen) atoms. The van der Waals surface area contributed by atoms with Gasteiger partial charge in [0.1, 0.15) is 18.0 Å². The summed E-state index contributed by atoms with van der Waals surface area (Å²) in [7, 11) is 1.74. The van der Waals surface area contributed by atoms with Gasteiger partial charge in [0.15, 0.2) is 12.2 Å². The van der Waals surface area contributed by atoms with Gasteiger partial charge in [-0.15, -0.1) is 0 Å². The van der Waals surface area contributed by atoms with Gasteiger partial charge in [0.25, 0.3) is 5.91 Å². The third-order valence-corrected chi connectivity index (χ3v) is 10.6. The molecule has 6 atom stereocenters. The monoisotopic (exact) mass is 603 g/mol. The molecule has 5 rings (SSSR count). The second-order valence-corrected chi connectivity index (χ2v) is 14.3. The fraction of sp³-hybridized carbons (Fsp3) is 0.568. The van der Waals surface area contributed by atoms with Gasteiger partial charge in [-0.1, -0.05) is 64.6 Å². The summed E-state index contributed by atoms with van der Waals surface area (Å²) in [6.45, 7) is 13.2. The fourth-order valence-corrected chi connectivity index (χ4v) is 8.58. The highest BCUT2D eigenvalue weighted by Crippen LogP contribution is 2.65. The van der Waals surface area contributed by atoms with Crippen LogP contribution in [0.3, 0.4) is 0 Å². The number of para-hydroxylation sites is 1. The first-order chi connectivity index (χ1) is 20.9. The lowest BCUT2D eigenvalue weighted by Crippen LogP contribution is -2.63. The number of rotatable bonds is 11. The van der Waals surface area contributed by atoms with Crippen molar-refractivity contribution in [3.05, 3.63) is 71.8 Å². The maximum absolute atomic E-state index is 14.0. The van der Waals surface area contributed by atoms with Gasteiger partial charge in [-0.2, -0.15) is 0 Å². The molecule has 3 fully saturated rings. The van der Waals surface area contributed by atoms with E-state index in [0.29, 0.717) is 25.8 Å². The lowest BCUT2D eigenvalue weighted by atomic mass is 9.84. The third kappa shape index (κ3) is 5.47. The van der Waals surface area contributed by atoms with Crippen LogP contribution < -0.4 is 4.74 Å². The van der Waals surface area contributed by atoms with Crippen molar-refractivity contribution in [3.8, 4) is 11.5 Å². The molecule has 0 aromatic heterocycles. The molecule has 2 aliphatic heterocycles. The molecule has 7 nitrogen and oxygen atoms in total. The van der Waals surface area contributed by atoms with Gasteiger partial charge in [0, 0.05) is 12.3 Å². The summed E-state index contributed by atoms with van der Waals surface area (Å²) in [6, 6.07) is 13.0. The first-order valence-electron chi connectivity index (χ1n) is 16.4. The predicted octanol–water partition coefficient (Wildman–Crippen LogP) is 5.90. The molecule has 2 aromatic carbocycles. The van der Waals surface area contributed by atoms with E-state index in [1.54, 1.807) is 25.3 Å². The van der Waals surface area contributed by atoms with Gasteiger partial charge in [0.2, 0.25) is 0 Å². The highest BCUT2D eigenvalue weighted by Gasteiger charge is 2.82. The Labute approximate surface area is 263 Å². The summed E-state index contributed by atoms with van der Waals surface area (Å²) in [5.74, 6) is 1.51. The van der Waals surface area contributed by atoms with Crippen LogP contribution >= 0.6 is 0 Å². The molecule has 3 unspecified atom stereocenters. The number of phenolic OH excluding ortho intramolecular Hbond substituents is 1. The van der Waals surface area contributed by atoms with Crippen LogP contribution in [-0.4, -0.2) is 69.4 Å². The van der Waals surface area contributed by atoms with E-state index in [2.05, 4.69) is 45.5 Å². The SMILES string of the molecule is C=CC[N+]1(C(=O)CCC)CC(=O)N2[C@@H](Cc3ccc(O)cc3)C(O)CC(CCCc3cccc(C(C)(C)C)c3OC)[C@@H]3C[C@@]321. The predicted molar refractivity (Wildman–Crippen MR) is 172 cm³/mol. The van der Waals surface area contributed by atoms with Gasteiger partial charge in [-0.3, -0.25) is 9.69 Å². The number of aliphatic hydroxyl groups is 1. The normalized spacial score (nSPS) is 29.5. The van der Waals surface area contributed by atoms with Crippen LogP contribution in [0.4, 0.5) is 0 Å². The fourth-order valence-electron chi connectivity index (χ4n) is 8.58. The van der Waals surface area contributed by atoms with E-state index in [9.17, 15) is 19.8 Å². The molecular weight excluding hydrogens is 552 g/mol. The molecule has 7 heteroatoms. The minimum Gasteiger partial charge on any atom is -0.508 e. The van der Waals surface area contributed by atoms with Gasteiger partial charge in [-0.25, -0.2) is 9.28 Å². The van der Waals surface area contributed by atoms with Crippen molar-refractivity contribution in [3.63, 3.8) is 0 Å². The number of nitrogens with zero attached hydrogens (tertiary/aromatic N) is 2. The van der Waals surface area contributed by atoms with Crippen molar-refractivity contribution in [1.82, 2.24) is 4.90 Å². The molecule has 1 saturated carbocycles. The number of benzene rings is 2. The number of aliphatic hydroxyl groups excluding tert-OH is 1. The summed E-state index contributed by atoms with van der Waals surface area (Å²) < 4.78 is 6.01. The molecule has 2 aromatic rings. The highest BCUT2D eigenvalue weighted by molar-refractivity contribution is 5.85. The zero-order valence-corrected chi connectivity index (χ0v) is 27.2. The van der Waals surface area contributed by atoms with E-state index in [0.717, 1.165) is 43.4 Å². The molecule has 2 heterocycles. The van der Waals surface area contributed by atoms with Gasteiger partial charge in [0.05, 0.1) is 25.7 Å². The average Bonchev–Trinajstić information content (AvgIpc) is 3.68. The number of methoxy groups -OCH3 is 1. The number of aromatic hydroxyl groups is 1. The van der Waals surface area contributed by atoms with Crippen molar-refractivity contribution in [2.24, 2.45) is 11.8 Å². The van der Waals surface area contributed by atoms with E-state index in [-0.39, 0.29) is 45.8 Å². The minimum absolute atomic E-state index is 0.0322. The van der Waals surface area contributed by atoms with E-state index >= 15 is 0 Å². The molecule has 1 spiro atoms. The molecule has 2 N–H and O–H groups in total. The number of carbonyl (C=O) groups excluding carboxylic acids is 2. The maximum Gasteiger partial charge on any atom is 0.316 e. The van der Waals surface area contributed by atoms with E-state index in [1.165, 1.54) is 11.1 Å². The first kappa shape index (κ1) is 32.2. The van der Waals surface area contributed by atoms with Crippen LogP contribution in [0.5, 0.6) is 11.5 Å². The Morgan fingerprint density at radius 3 is 2.57 bits per heavy atom. The summed E-state index contributed by atoms with van der Waals surface area (Å²) in [5, 5.41) is 21.7. The molecule has 3 aliphatic rings. The van der Waals surface area contributed by atoms with Crippen molar-refractivity contribution < 1.29 is 29.0 Å². The Hall–Kier alpha value is -3.16. The minimum atomic E-state index is -0.716. The van der Waals surface area contributed by atoms with Crippen LogP contribution in [-0.2, 0) is 27.8 Å². The average molecular weight is 604 g/mol. The van der Waals surface area contributed by atoms with Crippen LogP contribution in [0.25, 0.3) is 0 Å². The van der Waals surface area contributed by atoms with Gasteiger partial charge < -0.3 is 14.9 Å². The Morgan fingerprint density at radius 1 is 1.20 bits per heavy atom. The molecule has 2 amide bonds. The molecule has 238 valence electrons. The van der Waals surface area contributed by atoms with Gasteiger partial charge in [-0.05, 0) is 84.8 Å². The zero-order chi connectivity index (χ0) is 31.9. The quantitative estimate of drug-likeness (QED) is 0.247. The number of aryl methyl sites for hydroxylation is 1. The number of quaternary nitrogens is 1. The summed E-state index contributed by atoms with van der Waals surface area (Å²) in [5.41, 5.74) is 2.66. The van der Waals surface area contributed by atoms with Crippen molar-refractivity contribution in [1.29, 1.82) is 0 Å². The molecule has 0 bridgehead atoms. The van der Waals surface area contributed by atoms with Crippen molar-refractivity contribution in [2.75, 3.05) is 20.2 Å². The Balaban J connectivity index is 1.47. The van der Waals surface area contributed by atoms with Crippen molar-refractivity contribution in [2.45, 2.75) is 102 Å². The van der Waals surface area contributed by atoms with Crippen LogP contribution in [0.1, 0.15) is 82.9 Å². The Kier molecular flexibility index (Phi) is 9.03. The molecule has 1 aliphatic carbocycles. The Bertz CT molecular complexity index is 1380. The third-order valence-electron chi connectivity index (χ3n) is 10.6. The summed E-state index contributed by atoms with van der Waals surface area (Å²) in [6.07, 6.45) is 6.75. The molecule has 2 saturated heterocycles. The molecular formula is C37H51N2O5+. The van der Waals surface area contributed by atoms with Gasteiger partial charge >= 0.3 is 5.91 Å². The van der Waals surface area contributed by atoms with E-state index in [4.69, 9.17) is 4.74 Å².